The van der Waals surface area contributed by atoms with E-state index in [0.717, 1.165) is 10.0 Å². The van der Waals surface area contributed by atoms with Crippen LogP contribution in [-0.2, 0) is 0 Å². The molecule has 1 heterocycles. The Morgan fingerprint density at radius 3 is 2.72 bits per heavy atom. The average molecular weight is 306 g/mol. The molecule has 2 aromatic rings. The lowest BCUT2D eigenvalue weighted by Gasteiger charge is -2.06. The molecule has 0 unspecified atom stereocenters. The minimum absolute atomic E-state index is 0.0757. The van der Waals surface area contributed by atoms with Gasteiger partial charge in [0.2, 0.25) is 0 Å². The number of benzene rings is 1. The molecular formula is C14H12BrNO2. The van der Waals surface area contributed by atoms with Crippen molar-refractivity contribution in [2.24, 2.45) is 0 Å². The molecule has 0 saturated heterocycles. The predicted molar refractivity (Wildman–Crippen MR) is 73.1 cm³/mol. The zero-order valence-corrected chi connectivity index (χ0v) is 11.7. The van der Waals surface area contributed by atoms with Gasteiger partial charge < -0.3 is 4.74 Å². The van der Waals surface area contributed by atoms with Gasteiger partial charge in [-0.15, -0.1) is 0 Å². The number of aromatic nitrogens is 1. The van der Waals surface area contributed by atoms with E-state index < -0.39 is 0 Å². The number of nitrogens with zero attached hydrogens (tertiary/aromatic N) is 1. The van der Waals surface area contributed by atoms with Gasteiger partial charge in [0, 0.05) is 21.8 Å². The Morgan fingerprint density at radius 2 is 2.06 bits per heavy atom. The minimum Gasteiger partial charge on any atom is -0.495 e. The Kier molecular flexibility index (Phi) is 3.77. The smallest absolute Gasteiger partial charge is 0.195 e. The lowest BCUT2D eigenvalue weighted by atomic mass is 10.0. The Hall–Kier alpha value is -1.68. The molecule has 1 aromatic carbocycles. The highest BCUT2D eigenvalue weighted by molar-refractivity contribution is 9.10. The molecule has 92 valence electrons. The van der Waals surface area contributed by atoms with Crippen LogP contribution < -0.4 is 4.74 Å². The van der Waals surface area contributed by atoms with Crippen LogP contribution in [0.25, 0.3) is 0 Å². The lowest BCUT2D eigenvalue weighted by Crippen LogP contribution is -2.03. The van der Waals surface area contributed by atoms with Gasteiger partial charge in [-0.25, -0.2) is 0 Å². The fourth-order valence-electron chi connectivity index (χ4n) is 1.61. The largest absolute Gasteiger partial charge is 0.495 e. The molecule has 0 aliphatic rings. The van der Waals surface area contributed by atoms with Crippen LogP contribution in [0.1, 0.15) is 21.5 Å². The van der Waals surface area contributed by atoms with Gasteiger partial charge in [0.1, 0.15) is 5.75 Å². The van der Waals surface area contributed by atoms with Crippen LogP contribution in [0.4, 0.5) is 0 Å². The fourth-order valence-corrected chi connectivity index (χ4v) is 2.29. The second kappa shape index (κ2) is 5.31. The number of pyridine rings is 1. The van der Waals surface area contributed by atoms with Gasteiger partial charge in [-0.3, -0.25) is 9.78 Å². The number of hydrogen-bond acceptors (Lipinski definition) is 3. The molecule has 3 nitrogen and oxygen atoms in total. The summed E-state index contributed by atoms with van der Waals surface area (Å²) in [5.74, 6) is 0.498. The topological polar surface area (TPSA) is 39.2 Å². The van der Waals surface area contributed by atoms with Crippen molar-refractivity contribution < 1.29 is 9.53 Å². The third-order valence-corrected chi connectivity index (χ3v) is 3.24. The molecule has 1 aromatic heterocycles. The second-order valence-corrected chi connectivity index (χ2v) is 4.78. The monoisotopic (exact) mass is 305 g/mol. The first-order valence-corrected chi connectivity index (χ1v) is 6.21. The first-order chi connectivity index (χ1) is 8.61. The number of carbonyl (C=O) groups is 1. The van der Waals surface area contributed by atoms with E-state index in [1.54, 1.807) is 25.4 Å². The van der Waals surface area contributed by atoms with Crippen LogP contribution in [0.3, 0.4) is 0 Å². The van der Waals surface area contributed by atoms with Crippen molar-refractivity contribution in [1.29, 1.82) is 0 Å². The van der Waals surface area contributed by atoms with Crippen LogP contribution >= 0.6 is 15.9 Å². The fraction of sp³-hybridized carbons (Fsp3) is 0.143. The molecule has 0 saturated carbocycles. The molecule has 0 aliphatic carbocycles. The van der Waals surface area contributed by atoms with Crippen molar-refractivity contribution in [3.05, 3.63) is 57.8 Å². The van der Waals surface area contributed by atoms with Gasteiger partial charge in [0.25, 0.3) is 0 Å². The van der Waals surface area contributed by atoms with Crippen LogP contribution in [0.15, 0.2) is 41.1 Å². The zero-order chi connectivity index (χ0) is 13.1. The minimum atomic E-state index is -0.0757. The second-order valence-electron chi connectivity index (χ2n) is 3.93. The quantitative estimate of drug-likeness (QED) is 0.816. The molecule has 0 spiro atoms. The normalized spacial score (nSPS) is 10.2. The van der Waals surface area contributed by atoms with Crippen LogP contribution in [-0.4, -0.2) is 17.9 Å². The van der Waals surface area contributed by atoms with Crippen molar-refractivity contribution in [2.75, 3.05) is 7.11 Å². The van der Waals surface area contributed by atoms with Crippen molar-refractivity contribution in [1.82, 2.24) is 4.98 Å². The number of methoxy groups -OCH3 is 1. The highest BCUT2D eigenvalue weighted by Crippen LogP contribution is 2.22. The van der Waals surface area contributed by atoms with Crippen molar-refractivity contribution in [3.63, 3.8) is 0 Å². The van der Waals surface area contributed by atoms with Crippen LogP contribution in [0, 0.1) is 6.92 Å². The first-order valence-electron chi connectivity index (χ1n) is 5.41. The summed E-state index contributed by atoms with van der Waals surface area (Å²) in [6.45, 7) is 1.98. The van der Waals surface area contributed by atoms with E-state index in [-0.39, 0.29) is 5.78 Å². The zero-order valence-electron chi connectivity index (χ0n) is 10.1. The molecule has 0 amide bonds. The molecular weight excluding hydrogens is 294 g/mol. The summed E-state index contributed by atoms with van der Waals surface area (Å²) < 4.78 is 5.85. The Balaban J connectivity index is 2.41. The third kappa shape index (κ3) is 2.59. The molecule has 4 heteroatoms. The summed E-state index contributed by atoms with van der Waals surface area (Å²) >= 11 is 3.41. The molecule has 18 heavy (non-hydrogen) atoms. The highest BCUT2D eigenvalue weighted by atomic mass is 79.9. The summed E-state index contributed by atoms with van der Waals surface area (Å²) in [4.78, 5) is 16.3. The SMILES string of the molecule is COc1cncc(C(=O)c2ccc(C)cc2Br)c1. The van der Waals surface area contributed by atoms with E-state index in [0.29, 0.717) is 16.9 Å². The molecule has 0 aliphatic heterocycles. The van der Waals surface area contributed by atoms with Gasteiger partial charge in [0.05, 0.1) is 13.3 Å². The summed E-state index contributed by atoms with van der Waals surface area (Å²) in [5.41, 5.74) is 2.23. The Morgan fingerprint density at radius 1 is 1.28 bits per heavy atom. The summed E-state index contributed by atoms with van der Waals surface area (Å²) in [5, 5.41) is 0. The van der Waals surface area contributed by atoms with Crippen molar-refractivity contribution in [3.8, 4) is 5.75 Å². The number of ketones is 1. The Labute approximate surface area is 114 Å². The standard InChI is InChI=1S/C14H12BrNO2/c1-9-3-4-12(13(15)5-9)14(17)10-6-11(18-2)8-16-7-10/h3-8H,1-2H3. The number of ether oxygens (including phenoxy) is 1. The molecule has 2 rings (SSSR count). The summed E-state index contributed by atoms with van der Waals surface area (Å²) in [6.07, 6.45) is 3.11. The highest BCUT2D eigenvalue weighted by Gasteiger charge is 2.13. The molecule has 0 atom stereocenters. The van der Waals surface area contributed by atoms with E-state index in [1.807, 2.05) is 19.1 Å². The van der Waals surface area contributed by atoms with Gasteiger partial charge in [0.15, 0.2) is 5.78 Å². The summed E-state index contributed by atoms with van der Waals surface area (Å²) in [6, 6.07) is 7.31. The maximum atomic E-state index is 12.3. The molecule has 0 bridgehead atoms. The summed E-state index contributed by atoms with van der Waals surface area (Å²) in [7, 11) is 1.55. The van der Waals surface area contributed by atoms with Gasteiger partial charge in [-0.05, 0) is 30.7 Å². The van der Waals surface area contributed by atoms with Gasteiger partial charge in [-0.2, -0.15) is 0 Å². The number of hydrogen-bond donors (Lipinski definition) is 0. The molecule has 0 N–H and O–H groups in total. The van der Waals surface area contributed by atoms with Gasteiger partial charge >= 0.3 is 0 Å². The van der Waals surface area contributed by atoms with E-state index in [2.05, 4.69) is 20.9 Å². The van der Waals surface area contributed by atoms with E-state index in [4.69, 9.17) is 4.74 Å². The van der Waals surface area contributed by atoms with Gasteiger partial charge in [-0.1, -0.05) is 22.0 Å². The molecule has 0 fully saturated rings. The predicted octanol–water partition coefficient (Wildman–Crippen LogP) is 3.39. The van der Waals surface area contributed by atoms with Crippen molar-refractivity contribution >= 4 is 21.7 Å². The average Bonchev–Trinajstić information content (AvgIpc) is 2.38. The van der Waals surface area contributed by atoms with Crippen molar-refractivity contribution in [2.45, 2.75) is 6.92 Å². The third-order valence-electron chi connectivity index (χ3n) is 2.58. The number of rotatable bonds is 3. The van der Waals surface area contributed by atoms with E-state index in [1.165, 1.54) is 6.20 Å². The molecule has 0 radical (unpaired) electrons. The maximum absolute atomic E-state index is 12.3. The van der Waals surface area contributed by atoms with Crippen LogP contribution in [0.2, 0.25) is 0 Å². The lowest BCUT2D eigenvalue weighted by molar-refractivity contribution is 0.103. The number of aryl methyl sites for hydroxylation is 1. The first kappa shape index (κ1) is 12.8. The maximum Gasteiger partial charge on any atom is 0.195 e. The number of halogens is 1. The van der Waals surface area contributed by atoms with E-state index >= 15 is 0 Å². The van der Waals surface area contributed by atoms with Crippen LogP contribution in [0.5, 0.6) is 5.75 Å². The van der Waals surface area contributed by atoms with E-state index in [9.17, 15) is 4.79 Å². The Bertz CT molecular complexity index is 596. The number of carbonyl (C=O) groups excluding carboxylic acids is 1.